The van der Waals surface area contributed by atoms with E-state index in [0.717, 1.165) is 53.6 Å². The molecule has 3 rings (SSSR count). The Morgan fingerprint density at radius 2 is 2.11 bits per heavy atom. The number of esters is 1. The molecule has 1 saturated heterocycles. The van der Waals surface area contributed by atoms with Gasteiger partial charge >= 0.3 is 12.1 Å². The van der Waals surface area contributed by atoms with Crippen molar-refractivity contribution >= 4 is 34.0 Å². The summed E-state index contributed by atoms with van der Waals surface area (Å²) in [7, 11) is 1.38. The van der Waals surface area contributed by atoms with Crippen molar-refractivity contribution in [3.05, 3.63) is 22.1 Å². The van der Waals surface area contributed by atoms with Gasteiger partial charge in [0.1, 0.15) is 0 Å². The Bertz CT molecular complexity index is 752. The molecule has 0 atom stereocenters. The van der Waals surface area contributed by atoms with Gasteiger partial charge in [0.25, 0.3) is 0 Å². The van der Waals surface area contributed by atoms with E-state index in [9.17, 15) is 14.7 Å². The van der Waals surface area contributed by atoms with E-state index >= 15 is 0 Å². The Morgan fingerprint density at radius 3 is 2.67 bits per heavy atom. The van der Waals surface area contributed by atoms with Crippen LogP contribution in [0.3, 0.4) is 0 Å². The lowest BCUT2D eigenvalue weighted by Crippen LogP contribution is -2.39. The molecular formula is C19H26N2O5S. The standard InChI is InChI=1S/C19H26N2O5S/c1-4-21(14-6-9-26-10-7-14)17-12(2)15(18(22)25-3)16(27-17)13-5-8-20(11-13)19(23)24/h5,14H,4,6-11H2,1-3H3,(H,23,24). The fourth-order valence-electron chi connectivity index (χ4n) is 3.78. The molecule has 2 aliphatic heterocycles. The largest absolute Gasteiger partial charge is 0.465 e. The molecule has 0 spiro atoms. The van der Waals surface area contributed by atoms with E-state index in [-0.39, 0.29) is 5.97 Å². The van der Waals surface area contributed by atoms with Crippen LogP contribution in [0.1, 0.15) is 40.6 Å². The zero-order valence-corrected chi connectivity index (χ0v) is 16.8. The number of carbonyl (C=O) groups excluding carboxylic acids is 1. The number of carbonyl (C=O) groups is 2. The summed E-state index contributed by atoms with van der Waals surface area (Å²) in [5, 5.41) is 10.3. The Hall–Kier alpha value is -2.06. The normalized spacial score (nSPS) is 17.7. The van der Waals surface area contributed by atoms with Crippen LogP contribution in [0.5, 0.6) is 0 Å². The highest BCUT2D eigenvalue weighted by molar-refractivity contribution is 7.17. The number of methoxy groups -OCH3 is 1. The first kappa shape index (κ1) is 19.7. The van der Waals surface area contributed by atoms with Crippen LogP contribution in [0.25, 0.3) is 5.57 Å². The molecule has 1 N–H and O–H groups in total. The van der Waals surface area contributed by atoms with Gasteiger partial charge in [0.2, 0.25) is 0 Å². The number of rotatable bonds is 5. The molecule has 7 nitrogen and oxygen atoms in total. The minimum absolute atomic E-state index is 0.294. The van der Waals surface area contributed by atoms with Gasteiger partial charge in [-0.25, -0.2) is 9.59 Å². The van der Waals surface area contributed by atoms with Crippen molar-refractivity contribution in [3.8, 4) is 0 Å². The number of thiophene rings is 1. The van der Waals surface area contributed by atoms with Crippen molar-refractivity contribution in [1.29, 1.82) is 0 Å². The van der Waals surface area contributed by atoms with Crippen LogP contribution in [0.4, 0.5) is 9.80 Å². The second-order valence-corrected chi connectivity index (χ2v) is 7.75. The molecule has 0 aromatic carbocycles. The zero-order chi connectivity index (χ0) is 19.6. The highest BCUT2D eigenvalue weighted by Gasteiger charge is 2.31. The summed E-state index contributed by atoms with van der Waals surface area (Å²) in [5.41, 5.74) is 2.34. The SMILES string of the molecule is CCN(c1sc(C2=CCN(C(=O)O)C2)c(C(=O)OC)c1C)C1CCOCC1. The number of hydrogen-bond acceptors (Lipinski definition) is 6. The molecule has 1 fully saturated rings. The van der Waals surface area contributed by atoms with E-state index < -0.39 is 6.09 Å². The number of amides is 1. The lowest BCUT2D eigenvalue weighted by Gasteiger charge is -2.34. The summed E-state index contributed by atoms with van der Waals surface area (Å²) in [4.78, 5) is 28.3. The van der Waals surface area contributed by atoms with Gasteiger partial charge in [0, 0.05) is 37.2 Å². The van der Waals surface area contributed by atoms with Crippen LogP contribution in [0, 0.1) is 6.92 Å². The molecule has 1 amide bonds. The first-order valence-corrected chi connectivity index (χ1v) is 10.0. The van der Waals surface area contributed by atoms with Crippen molar-refractivity contribution in [2.24, 2.45) is 0 Å². The van der Waals surface area contributed by atoms with E-state index in [2.05, 4.69) is 11.8 Å². The first-order valence-electron chi connectivity index (χ1n) is 9.21. The molecule has 0 bridgehead atoms. The van der Waals surface area contributed by atoms with E-state index in [1.54, 1.807) is 11.3 Å². The highest BCUT2D eigenvalue weighted by Crippen LogP contribution is 2.42. The second-order valence-electron chi connectivity index (χ2n) is 6.75. The summed E-state index contributed by atoms with van der Waals surface area (Å²) >= 11 is 1.56. The van der Waals surface area contributed by atoms with E-state index in [1.807, 2.05) is 13.0 Å². The Labute approximate surface area is 163 Å². The Kier molecular flexibility index (Phi) is 6.06. The van der Waals surface area contributed by atoms with Gasteiger partial charge < -0.3 is 24.4 Å². The van der Waals surface area contributed by atoms with E-state index in [1.165, 1.54) is 12.0 Å². The Balaban J connectivity index is 1.99. The maximum atomic E-state index is 12.5. The molecule has 0 aliphatic carbocycles. The maximum absolute atomic E-state index is 12.5. The molecule has 2 aliphatic rings. The lowest BCUT2D eigenvalue weighted by molar-refractivity contribution is 0.0600. The highest BCUT2D eigenvalue weighted by atomic mass is 32.1. The van der Waals surface area contributed by atoms with Gasteiger partial charge in [0.15, 0.2) is 0 Å². The molecule has 0 unspecified atom stereocenters. The molecule has 3 heterocycles. The van der Waals surface area contributed by atoms with Crippen molar-refractivity contribution in [2.75, 3.05) is 44.9 Å². The monoisotopic (exact) mass is 394 g/mol. The van der Waals surface area contributed by atoms with Crippen molar-refractivity contribution in [3.63, 3.8) is 0 Å². The third kappa shape index (κ3) is 3.82. The molecule has 0 saturated carbocycles. The quantitative estimate of drug-likeness (QED) is 0.773. The van der Waals surface area contributed by atoms with Crippen LogP contribution in [0.2, 0.25) is 0 Å². The number of hydrogen-bond donors (Lipinski definition) is 1. The third-order valence-electron chi connectivity index (χ3n) is 5.23. The van der Waals surface area contributed by atoms with Crippen molar-refractivity contribution in [1.82, 2.24) is 4.90 Å². The summed E-state index contributed by atoms with van der Waals surface area (Å²) in [6.07, 6.45) is 2.86. The molecule has 1 aromatic rings. The topological polar surface area (TPSA) is 79.3 Å². The Morgan fingerprint density at radius 1 is 1.41 bits per heavy atom. The van der Waals surface area contributed by atoms with Crippen LogP contribution in [0.15, 0.2) is 6.08 Å². The van der Waals surface area contributed by atoms with Crippen LogP contribution < -0.4 is 4.90 Å². The fraction of sp³-hybridized carbons (Fsp3) is 0.579. The number of ether oxygens (including phenoxy) is 2. The molecule has 8 heteroatoms. The predicted octanol–water partition coefficient (Wildman–Crippen LogP) is 3.23. The van der Waals surface area contributed by atoms with E-state index in [4.69, 9.17) is 9.47 Å². The minimum Gasteiger partial charge on any atom is -0.465 e. The minimum atomic E-state index is -0.952. The van der Waals surface area contributed by atoms with Crippen LogP contribution >= 0.6 is 11.3 Å². The fourth-order valence-corrected chi connectivity index (χ4v) is 5.24. The summed E-state index contributed by atoms with van der Waals surface area (Å²) in [6.45, 7) is 7.05. The summed E-state index contributed by atoms with van der Waals surface area (Å²) in [5.74, 6) is -0.372. The van der Waals surface area contributed by atoms with Crippen LogP contribution in [-0.4, -0.2) is 68.1 Å². The predicted molar refractivity (Wildman–Crippen MR) is 105 cm³/mol. The van der Waals surface area contributed by atoms with Gasteiger partial charge in [-0.15, -0.1) is 11.3 Å². The second kappa shape index (κ2) is 8.31. The molecular weight excluding hydrogens is 368 g/mol. The average molecular weight is 394 g/mol. The lowest BCUT2D eigenvalue weighted by atomic mass is 10.0. The van der Waals surface area contributed by atoms with E-state index in [0.29, 0.717) is 24.7 Å². The van der Waals surface area contributed by atoms with Gasteiger partial charge in [-0.05, 0) is 37.8 Å². The van der Waals surface area contributed by atoms with Gasteiger partial charge in [-0.3, -0.25) is 0 Å². The number of carboxylic acid groups (broad SMARTS) is 1. The molecule has 0 radical (unpaired) electrons. The first-order chi connectivity index (χ1) is 13.0. The maximum Gasteiger partial charge on any atom is 0.407 e. The number of nitrogens with zero attached hydrogens (tertiary/aromatic N) is 2. The third-order valence-corrected chi connectivity index (χ3v) is 6.63. The van der Waals surface area contributed by atoms with Crippen molar-refractivity contribution in [2.45, 2.75) is 32.7 Å². The van der Waals surface area contributed by atoms with Crippen molar-refractivity contribution < 1.29 is 24.2 Å². The zero-order valence-electron chi connectivity index (χ0n) is 16.0. The van der Waals surface area contributed by atoms with Gasteiger partial charge in [-0.1, -0.05) is 6.08 Å². The van der Waals surface area contributed by atoms with Gasteiger partial charge in [-0.2, -0.15) is 0 Å². The molecule has 1 aromatic heterocycles. The molecule has 148 valence electrons. The average Bonchev–Trinajstić information content (AvgIpc) is 3.28. The van der Waals surface area contributed by atoms with Gasteiger partial charge in [0.05, 0.1) is 24.2 Å². The van der Waals surface area contributed by atoms with Crippen LogP contribution in [-0.2, 0) is 9.47 Å². The summed E-state index contributed by atoms with van der Waals surface area (Å²) < 4.78 is 10.5. The number of anilines is 1. The molecule has 27 heavy (non-hydrogen) atoms. The summed E-state index contributed by atoms with van der Waals surface area (Å²) in [6, 6.07) is 0.382. The smallest absolute Gasteiger partial charge is 0.407 e.